The minimum atomic E-state index is -2.92. The second-order valence-electron chi connectivity index (χ2n) is 13.3. The number of pyridine rings is 1. The number of fused-ring (bicyclic) bond motifs is 1. The Morgan fingerprint density at radius 1 is 0.857 bits per heavy atom. The van der Waals surface area contributed by atoms with Gasteiger partial charge >= 0.3 is 0 Å². The van der Waals surface area contributed by atoms with Crippen molar-refractivity contribution in [3.63, 3.8) is 0 Å². The standard InChI is InChI=1S/C36H36F2N4O6S/c1-22-18-27-29(20-32(22)47-21-35(11-12-35)42-25-9-16-49(45,46)17-10-25)39-15-8-30(27)48-31-7-6-26(19-28(31)38)41-34(44)36(13-14-36)33(43)40-24-4-2-23(37)3-5-24/h2-8,15,18-20,25,42H,9-14,16-17,21H2,1H3,(H,40,43)(H,41,44). The third-order valence-corrected chi connectivity index (χ3v) is 11.3. The summed E-state index contributed by atoms with van der Waals surface area (Å²) in [4.78, 5) is 30.4. The lowest BCUT2D eigenvalue weighted by Gasteiger charge is -2.28. The monoisotopic (exact) mass is 690 g/mol. The average molecular weight is 691 g/mol. The fourth-order valence-electron chi connectivity index (χ4n) is 6.16. The molecular weight excluding hydrogens is 654 g/mol. The highest BCUT2D eigenvalue weighted by molar-refractivity contribution is 7.91. The van der Waals surface area contributed by atoms with E-state index in [0.717, 1.165) is 24.5 Å². The molecule has 256 valence electrons. The van der Waals surface area contributed by atoms with Crippen LogP contribution in [0.25, 0.3) is 10.9 Å². The molecule has 0 unspecified atom stereocenters. The molecule has 0 radical (unpaired) electrons. The molecule has 10 nitrogen and oxygen atoms in total. The quantitative estimate of drug-likeness (QED) is 0.162. The number of amides is 2. The molecule has 2 amide bonds. The lowest BCUT2D eigenvalue weighted by atomic mass is 10.0. The lowest BCUT2D eigenvalue weighted by molar-refractivity contribution is -0.131. The van der Waals surface area contributed by atoms with Crippen molar-refractivity contribution < 1.29 is 36.3 Å². The van der Waals surface area contributed by atoms with Gasteiger partial charge in [-0.1, -0.05) is 0 Å². The molecule has 3 aliphatic rings. The molecule has 2 saturated carbocycles. The second kappa shape index (κ2) is 12.7. The summed E-state index contributed by atoms with van der Waals surface area (Å²) in [5.74, 6) is -0.784. The van der Waals surface area contributed by atoms with Gasteiger partial charge in [0.2, 0.25) is 11.8 Å². The number of rotatable bonds is 11. The maximum Gasteiger partial charge on any atom is 0.240 e. The van der Waals surface area contributed by atoms with Gasteiger partial charge in [-0.15, -0.1) is 0 Å². The summed E-state index contributed by atoms with van der Waals surface area (Å²) in [6.45, 7) is 2.36. The number of halogens is 2. The Morgan fingerprint density at radius 3 is 2.18 bits per heavy atom. The molecule has 0 spiro atoms. The minimum Gasteiger partial charge on any atom is -0.491 e. The van der Waals surface area contributed by atoms with E-state index in [1.54, 1.807) is 12.3 Å². The van der Waals surface area contributed by atoms with E-state index < -0.39 is 38.7 Å². The highest BCUT2D eigenvalue weighted by Crippen LogP contribution is 2.48. The molecule has 1 aliphatic heterocycles. The number of anilines is 2. The van der Waals surface area contributed by atoms with Gasteiger partial charge < -0.3 is 25.4 Å². The van der Waals surface area contributed by atoms with Crippen molar-refractivity contribution in [2.24, 2.45) is 5.41 Å². The Bertz CT molecular complexity index is 2030. The lowest BCUT2D eigenvalue weighted by Crippen LogP contribution is -2.47. The van der Waals surface area contributed by atoms with Crippen molar-refractivity contribution in [1.29, 1.82) is 0 Å². The number of aromatic nitrogens is 1. The third-order valence-electron chi connectivity index (χ3n) is 9.55. The van der Waals surface area contributed by atoms with Crippen LogP contribution in [0.1, 0.15) is 44.1 Å². The Balaban J connectivity index is 0.989. The molecule has 1 saturated heterocycles. The maximum atomic E-state index is 15.3. The summed E-state index contributed by atoms with van der Waals surface area (Å²) >= 11 is 0. The van der Waals surface area contributed by atoms with E-state index >= 15 is 4.39 Å². The minimum absolute atomic E-state index is 0.0593. The molecule has 2 heterocycles. The van der Waals surface area contributed by atoms with Gasteiger partial charge in [0.05, 0.1) is 22.6 Å². The molecule has 3 N–H and O–H groups in total. The molecule has 1 aromatic heterocycles. The molecular formula is C36H36F2N4O6S. The first kappa shape index (κ1) is 32.9. The number of aryl methyl sites for hydroxylation is 1. The number of nitrogens with one attached hydrogen (secondary N) is 3. The maximum absolute atomic E-state index is 15.3. The number of hydrogen-bond acceptors (Lipinski definition) is 8. The zero-order valence-electron chi connectivity index (χ0n) is 26.9. The SMILES string of the molecule is Cc1cc2c(Oc3ccc(NC(=O)C4(C(=O)Nc5ccc(F)cc5)CC4)cc3F)ccnc2cc1OCC1(NC2CCS(=O)(=O)CC2)CC1. The summed E-state index contributed by atoms with van der Waals surface area (Å²) < 4.78 is 64.4. The number of benzene rings is 3. The van der Waals surface area contributed by atoms with Gasteiger partial charge in [0, 0.05) is 41.1 Å². The number of carbonyl (C=O) groups excluding carboxylic acids is 2. The van der Waals surface area contributed by atoms with Crippen LogP contribution in [0.2, 0.25) is 0 Å². The van der Waals surface area contributed by atoms with Crippen LogP contribution < -0.4 is 25.4 Å². The van der Waals surface area contributed by atoms with E-state index in [1.165, 1.54) is 36.4 Å². The number of sulfone groups is 1. The number of carbonyl (C=O) groups is 2. The molecule has 7 rings (SSSR count). The summed E-state index contributed by atoms with van der Waals surface area (Å²) in [6.07, 6.45) is 5.39. The Labute approximate surface area is 282 Å². The van der Waals surface area contributed by atoms with Gasteiger partial charge in [0.1, 0.15) is 39.2 Å². The zero-order valence-corrected chi connectivity index (χ0v) is 27.7. The number of hydrogen-bond donors (Lipinski definition) is 3. The first-order valence-corrected chi connectivity index (χ1v) is 18.1. The molecule has 2 aliphatic carbocycles. The van der Waals surface area contributed by atoms with Crippen LogP contribution in [-0.2, 0) is 19.4 Å². The van der Waals surface area contributed by atoms with Crippen LogP contribution in [0.5, 0.6) is 17.2 Å². The summed E-state index contributed by atoms with van der Waals surface area (Å²) in [5.41, 5.74) is 0.547. The van der Waals surface area contributed by atoms with Gasteiger partial charge in [0.15, 0.2) is 11.6 Å². The van der Waals surface area contributed by atoms with Crippen molar-refractivity contribution in [3.8, 4) is 17.2 Å². The second-order valence-corrected chi connectivity index (χ2v) is 15.6. The van der Waals surface area contributed by atoms with E-state index in [-0.39, 0.29) is 34.5 Å². The van der Waals surface area contributed by atoms with Crippen LogP contribution in [0.4, 0.5) is 20.2 Å². The number of ether oxygens (including phenoxy) is 2. The summed E-state index contributed by atoms with van der Waals surface area (Å²) in [5, 5.41) is 9.59. The van der Waals surface area contributed by atoms with Crippen molar-refractivity contribution >= 4 is 43.9 Å². The molecule has 0 bridgehead atoms. The van der Waals surface area contributed by atoms with Crippen molar-refractivity contribution in [2.75, 3.05) is 28.7 Å². The van der Waals surface area contributed by atoms with Crippen LogP contribution in [0.3, 0.4) is 0 Å². The van der Waals surface area contributed by atoms with Gasteiger partial charge in [-0.05, 0) is 99.5 Å². The largest absolute Gasteiger partial charge is 0.491 e. The highest BCUT2D eigenvalue weighted by atomic mass is 32.2. The Hall–Kier alpha value is -4.62. The van der Waals surface area contributed by atoms with E-state index in [1.807, 2.05) is 19.1 Å². The highest BCUT2D eigenvalue weighted by Gasteiger charge is 2.56. The fourth-order valence-corrected chi connectivity index (χ4v) is 7.65. The van der Waals surface area contributed by atoms with E-state index in [2.05, 4.69) is 20.9 Å². The Morgan fingerprint density at radius 2 is 1.53 bits per heavy atom. The van der Waals surface area contributed by atoms with Crippen LogP contribution in [0, 0.1) is 24.0 Å². The van der Waals surface area contributed by atoms with E-state index in [9.17, 15) is 22.4 Å². The molecule has 13 heteroatoms. The molecule has 0 atom stereocenters. The van der Waals surface area contributed by atoms with Crippen molar-refractivity contribution in [2.45, 2.75) is 57.0 Å². The summed E-state index contributed by atoms with van der Waals surface area (Å²) in [7, 11) is -2.92. The summed E-state index contributed by atoms with van der Waals surface area (Å²) in [6, 6.07) is 14.8. The normalized spacial score (nSPS) is 18.8. The molecule has 4 aromatic rings. The van der Waals surface area contributed by atoms with Gasteiger partial charge in [-0.3, -0.25) is 14.6 Å². The van der Waals surface area contributed by atoms with Crippen LogP contribution in [0.15, 0.2) is 66.9 Å². The van der Waals surface area contributed by atoms with E-state index in [0.29, 0.717) is 60.4 Å². The molecule has 49 heavy (non-hydrogen) atoms. The van der Waals surface area contributed by atoms with E-state index in [4.69, 9.17) is 9.47 Å². The van der Waals surface area contributed by atoms with Crippen molar-refractivity contribution in [1.82, 2.24) is 10.3 Å². The Kier molecular flexibility index (Phi) is 8.52. The third kappa shape index (κ3) is 7.23. The first-order chi connectivity index (χ1) is 23.4. The van der Waals surface area contributed by atoms with Crippen LogP contribution >= 0.6 is 0 Å². The topological polar surface area (TPSA) is 136 Å². The predicted octanol–water partition coefficient (Wildman–Crippen LogP) is 6.05. The fraction of sp³-hybridized carbons (Fsp3) is 0.361. The predicted molar refractivity (Wildman–Crippen MR) is 181 cm³/mol. The van der Waals surface area contributed by atoms with Gasteiger partial charge in [0.25, 0.3) is 0 Å². The molecule has 3 aromatic carbocycles. The van der Waals surface area contributed by atoms with Gasteiger partial charge in [-0.2, -0.15) is 0 Å². The van der Waals surface area contributed by atoms with Crippen molar-refractivity contribution in [3.05, 3.63) is 84.1 Å². The first-order valence-electron chi connectivity index (χ1n) is 16.3. The van der Waals surface area contributed by atoms with Gasteiger partial charge in [-0.25, -0.2) is 17.2 Å². The zero-order chi connectivity index (χ0) is 34.4. The number of nitrogens with zero attached hydrogens (tertiary/aromatic N) is 1. The van der Waals surface area contributed by atoms with Crippen LogP contribution in [-0.4, -0.2) is 54.9 Å². The smallest absolute Gasteiger partial charge is 0.240 e. The molecule has 3 fully saturated rings. The average Bonchev–Trinajstić information content (AvgIpc) is 4.01.